The van der Waals surface area contributed by atoms with Crippen LogP contribution in [0.5, 0.6) is 0 Å². The molecule has 1 N–H and O–H groups in total. The van der Waals surface area contributed by atoms with Gasteiger partial charge in [-0.15, -0.1) is 0 Å². The maximum Gasteiger partial charge on any atom is 0.254 e. The molecule has 0 spiro atoms. The van der Waals surface area contributed by atoms with Crippen molar-refractivity contribution in [3.63, 3.8) is 0 Å². The summed E-state index contributed by atoms with van der Waals surface area (Å²) >= 11 is 0. The summed E-state index contributed by atoms with van der Waals surface area (Å²) in [6, 6.07) is 10.9. The molecule has 7 nitrogen and oxygen atoms in total. The Hall–Kier alpha value is -2.67. The third kappa shape index (κ3) is 5.35. The fraction of sp³-hybridized carbons (Fsp3) is 0.593. The van der Waals surface area contributed by atoms with E-state index >= 15 is 0 Å². The van der Waals surface area contributed by atoms with Crippen LogP contribution in [0.4, 0.5) is 11.8 Å². The number of nitrogens with one attached hydrogen (secondary N) is 1. The van der Waals surface area contributed by atoms with Crippen molar-refractivity contribution in [1.29, 1.82) is 0 Å². The average Bonchev–Trinajstić information content (AvgIpc) is 3.16. The van der Waals surface area contributed by atoms with Crippen LogP contribution in [0.2, 0.25) is 0 Å². The first-order chi connectivity index (χ1) is 16.7. The SMILES string of the molecule is Cc1ccccc1C(=O)N1CCC(N2CCC(Nc3nccc(N4CCCCCC4)n3)C2)CC1. The summed E-state index contributed by atoms with van der Waals surface area (Å²) in [5.74, 6) is 1.99. The molecular formula is C27H38N6O. The van der Waals surface area contributed by atoms with E-state index in [0.717, 1.165) is 81.4 Å². The van der Waals surface area contributed by atoms with Gasteiger partial charge in [-0.1, -0.05) is 31.0 Å². The van der Waals surface area contributed by atoms with Crippen molar-refractivity contribution in [2.24, 2.45) is 0 Å². The Morgan fingerprint density at radius 3 is 2.47 bits per heavy atom. The van der Waals surface area contributed by atoms with Gasteiger partial charge in [0.1, 0.15) is 5.82 Å². The van der Waals surface area contributed by atoms with Gasteiger partial charge in [-0.25, -0.2) is 4.98 Å². The quantitative estimate of drug-likeness (QED) is 0.726. The molecule has 3 fully saturated rings. The van der Waals surface area contributed by atoms with Gasteiger partial charge in [-0.3, -0.25) is 9.69 Å². The van der Waals surface area contributed by atoms with E-state index in [9.17, 15) is 4.79 Å². The summed E-state index contributed by atoms with van der Waals surface area (Å²) < 4.78 is 0. The first-order valence-electron chi connectivity index (χ1n) is 13.1. The fourth-order valence-corrected chi connectivity index (χ4v) is 5.73. The van der Waals surface area contributed by atoms with Crippen molar-refractivity contribution >= 4 is 17.7 Å². The minimum Gasteiger partial charge on any atom is -0.356 e. The zero-order valence-corrected chi connectivity index (χ0v) is 20.5. The van der Waals surface area contributed by atoms with Gasteiger partial charge in [0.25, 0.3) is 5.91 Å². The lowest BCUT2D eigenvalue weighted by Crippen LogP contribution is -2.46. The molecule has 2 aromatic rings. The summed E-state index contributed by atoms with van der Waals surface area (Å²) in [6.07, 6.45) is 10.2. The van der Waals surface area contributed by atoms with E-state index in [2.05, 4.69) is 20.1 Å². The molecule has 5 rings (SSSR count). The molecule has 1 unspecified atom stereocenters. The summed E-state index contributed by atoms with van der Waals surface area (Å²) in [4.78, 5) is 29.4. The number of nitrogens with zero attached hydrogens (tertiary/aromatic N) is 5. The van der Waals surface area contributed by atoms with E-state index in [1.54, 1.807) is 0 Å². The van der Waals surface area contributed by atoms with E-state index in [4.69, 9.17) is 4.98 Å². The van der Waals surface area contributed by atoms with Gasteiger partial charge in [0, 0.05) is 63.1 Å². The lowest BCUT2D eigenvalue weighted by Gasteiger charge is -2.37. The Balaban J connectivity index is 1.12. The average molecular weight is 463 g/mol. The standard InChI is InChI=1S/C27H38N6O/c1-21-8-4-5-9-24(21)26(34)32-18-12-23(13-19-32)33-17-11-22(20-33)29-27-28-14-10-25(30-27)31-15-6-2-3-7-16-31/h4-5,8-10,14,22-23H,2-3,6-7,11-13,15-20H2,1H3,(H,28,29,30). The smallest absolute Gasteiger partial charge is 0.254 e. The monoisotopic (exact) mass is 462 g/mol. The number of hydrogen-bond donors (Lipinski definition) is 1. The van der Waals surface area contributed by atoms with Gasteiger partial charge in [0.15, 0.2) is 0 Å². The predicted octanol–water partition coefficient (Wildman–Crippen LogP) is 3.96. The second-order valence-electron chi connectivity index (χ2n) is 10.1. The Labute approximate surface area is 203 Å². The third-order valence-electron chi connectivity index (χ3n) is 7.77. The molecule has 1 atom stereocenters. The van der Waals surface area contributed by atoms with Crippen molar-refractivity contribution in [3.8, 4) is 0 Å². The van der Waals surface area contributed by atoms with Crippen molar-refractivity contribution in [3.05, 3.63) is 47.7 Å². The van der Waals surface area contributed by atoms with Gasteiger partial charge in [-0.2, -0.15) is 4.98 Å². The number of hydrogen-bond acceptors (Lipinski definition) is 6. The molecule has 182 valence electrons. The van der Waals surface area contributed by atoms with E-state index in [0.29, 0.717) is 12.1 Å². The van der Waals surface area contributed by atoms with Gasteiger partial charge in [-0.05, 0) is 56.7 Å². The highest BCUT2D eigenvalue weighted by Gasteiger charge is 2.32. The number of carbonyl (C=O) groups excluding carboxylic acids is 1. The molecular weight excluding hydrogens is 424 g/mol. The molecule has 1 aromatic carbocycles. The van der Waals surface area contributed by atoms with Crippen LogP contribution in [0, 0.1) is 6.92 Å². The number of carbonyl (C=O) groups is 1. The van der Waals surface area contributed by atoms with Crippen LogP contribution in [0.25, 0.3) is 0 Å². The fourth-order valence-electron chi connectivity index (χ4n) is 5.73. The Bertz CT molecular complexity index is 965. The topological polar surface area (TPSA) is 64.6 Å². The van der Waals surface area contributed by atoms with Crippen molar-refractivity contribution in [1.82, 2.24) is 19.8 Å². The first-order valence-corrected chi connectivity index (χ1v) is 13.1. The lowest BCUT2D eigenvalue weighted by atomic mass is 10.0. The van der Waals surface area contributed by atoms with Gasteiger partial charge < -0.3 is 15.1 Å². The number of benzene rings is 1. The zero-order chi connectivity index (χ0) is 23.3. The summed E-state index contributed by atoms with van der Waals surface area (Å²) in [6.45, 7) is 8.01. The summed E-state index contributed by atoms with van der Waals surface area (Å²) in [7, 11) is 0. The third-order valence-corrected chi connectivity index (χ3v) is 7.77. The number of piperidine rings is 1. The van der Waals surface area contributed by atoms with Crippen LogP contribution in [-0.4, -0.2) is 77.0 Å². The molecule has 1 aromatic heterocycles. The highest BCUT2D eigenvalue weighted by molar-refractivity contribution is 5.95. The number of anilines is 2. The Morgan fingerprint density at radius 2 is 1.71 bits per heavy atom. The number of aromatic nitrogens is 2. The first kappa shape index (κ1) is 23.1. The molecule has 3 aliphatic rings. The van der Waals surface area contributed by atoms with E-state index < -0.39 is 0 Å². The molecule has 0 saturated carbocycles. The maximum atomic E-state index is 12.9. The van der Waals surface area contributed by atoms with Crippen LogP contribution in [0.15, 0.2) is 36.5 Å². The number of likely N-dealkylation sites (tertiary alicyclic amines) is 2. The van der Waals surface area contributed by atoms with Crippen LogP contribution in [-0.2, 0) is 0 Å². The van der Waals surface area contributed by atoms with Gasteiger partial charge >= 0.3 is 0 Å². The van der Waals surface area contributed by atoms with E-state index in [1.165, 1.54) is 25.7 Å². The molecule has 4 heterocycles. The largest absolute Gasteiger partial charge is 0.356 e. The van der Waals surface area contributed by atoms with Crippen molar-refractivity contribution in [2.45, 2.75) is 64.0 Å². The highest BCUT2D eigenvalue weighted by atomic mass is 16.2. The van der Waals surface area contributed by atoms with Crippen LogP contribution in [0.3, 0.4) is 0 Å². The van der Waals surface area contributed by atoms with Crippen LogP contribution in [0.1, 0.15) is 60.9 Å². The van der Waals surface area contributed by atoms with E-state index in [-0.39, 0.29) is 5.91 Å². The zero-order valence-electron chi connectivity index (χ0n) is 20.5. The number of amides is 1. The number of aryl methyl sites for hydroxylation is 1. The van der Waals surface area contributed by atoms with E-state index in [1.807, 2.05) is 48.4 Å². The molecule has 3 aliphatic heterocycles. The summed E-state index contributed by atoms with van der Waals surface area (Å²) in [5, 5.41) is 3.60. The van der Waals surface area contributed by atoms with Crippen LogP contribution < -0.4 is 10.2 Å². The molecule has 7 heteroatoms. The molecule has 0 aliphatic carbocycles. The number of rotatable bonds is 5. The molecule has 1 amide bonds. The van der Waals surface area contributed by atoms with Crippen LogP contribution >= 0.6 is 0 Å². The van der Waals surface area contributed by atoms with Crippen molar-refractivity contribution in [2.75, 3.05) is 49.5 Å². The lowest BCUT2D eigenvalue weighted by molar-refractivity contribution is 0.0643. The Kier molecular flexibility index (Phi) is 7.28. The summed E-state index contributed by atoms with van der Waals surface area (Å²) in [5.41, 5.74) is 1.90. The second kappa shape index (κ2) is 10.7. The molecule has 0 radical (unpaired) electrons. The Morgan fingerprint density at radius 1 is 0.941 bits per heavy atom. The van der Waals surface area contributed by atoms with Crippen molar-refractivity contribution < 1.29 is 4.79 Å². The van der Waals surface area contributed by atoms with Gasteiger partial charge in [0.05, 0.1) is 0 Å². The predicted molar refractivity (Wildman–Crippen MR) is 136 cm³/mol. The maximum absolute atomic E-state index is 12.9. The minimum atomic E-state index is 0.180. The minimum absolute atomic E-state index is 0.180. The second-order valence-corrected chi connectivity index (χ2v) is 10.1. The van der Waals surface area contributed by atoms with Gasteiger partial charge in [0.2, 0.25) is 5.95 Å². The molecule has 34 heavy (non-hydrogen) atoms. The highest BCUT2D eigenvalue weighted by Crippen LogP contribution is 2.25. The normalized spacial score (nSPS) is 22.6. The molecule has 3 saturated heterocycles. The molecule has 0 bridgehead atoms.